The summed E-state index contributed by atoms with van der Waals surface area (Å²) in [4.78, 5) is 12.5. The lowest BCUT2D eigenvalue weighted by molar-refractivity contribution is -0.129. The minimum Gasteiger partial charge on any atom is -0.490 e. The Morgan fingerprint density at radius 1 is 1.33 bits per heavy atom. The Hall–Kier alpha value is -1.79. The number of carbonyl (C=O) groups is 1. The SMILES string of the molecule is CCOc1ccc(C(C)NC(=O)[C@H]2NCCO[C@@H]2C)cc1OCC. The smallest absolute Gasteiger partial charge is 0.240 e. The molecule has 6 nitrogen and oxygen atoms in total. The lowest BCUT2D eigenvalue weighted by atomic mass is 10.1. The molecule has 1 unspecified atom stereocenters. The van der Waals surface area contributed by atoms with Crippen molar-refractivity contribution in [2.24, 2.45) is 0 Å². The Morgan fingerprint density at radius 3 is 2.71 bits per heavy atom. The van der Waals surface area contributed by atoms with Crippen molar-refractivity contribution in [3.05, 3.63) is 23.8 Å². The van der Waals surface area contributed by atoms with Crippen LogP contribution in [-0.4, -0.2) is 44.4 Å². The lowest BCUT2D eigenvalue weighted by Crippen LogP contribution is -2.55. The quantitative estimate of drug-likeness (QED) is 0.797. The second-order valence-electron chi connectivity index (χ2n) is 5.81. The molecule has 24 heavy (non-hydrogen) atoms. The molecule has 2 N–H and O–H groups in total. The second kappa shape index (κ2) is 8.89. The van der Waals surface area contributed by atoms with Crippen molar-refractivity contribution >= 4 is 5.91 Å². The van der Waals surface area contributed by atoms with E-state index in [1.807, 2.05) is 45.9 Å². The predicted molar refractivity (Wildman–Crippen MR) is 92.5 cm³/mol. The molecule has 1 amide bonds. The van der Waals surface area contributed by atoms with Gasteiger partial charge in [0.1, 0.15) is 6.04 Å². The van der Waals surface area contributed by atoms with Gasteiger partial charge in [0.25, 0.3) is 0 Å². The Bertz CT molecular complexity index is 550. The Morgan fingerprint density at radius 2 is 2.04 bits per heavy atom. The van der Waals surface area contributed by atoms with Gasteiger partial charge in [0.05, 0.1) is 32.0 Å². The number of amides is 1. The number of morpholine rings is 1. The molecule has 1 aliphatic rings. The molecule has 1 aliphatic heterocycles. The van der Waals surface area contributed by atoms with Crippen LogP contribution in [0.3, 0.4) is 0 Å². The minimum absolute atomic E-state index is 0.0541. The average molecular weight is 336 g/mol. The van der Waals surface area contributed by atoms with Crippen LogP contribution in [0.25, 0.3) is 0 Å². The normalized spacial score (nSPS) is 21.8. The zero-order valence-corrected chi connectivity index (χ0v) is 14.9. The highest BCUT2D eigenvalue weighted by atomic mass is 16.5. The molecule has 1 saturated heterocycles. The molecule has 0 saturated carbocycles. The van der Waals surface area contributed by atoms with E-state index in [4.69, 9.17) is 14.2 Å². The van der Waals surface area contributed by atoms with E-state index in [0.29, 0.717) is 32.1 Å². The Labute approximate surface area is 143 Å². The van der Waals surface area contributed by atoms with Crippen LogP contribution < -0.4 is 20.1 Å². The first-order chi connectivity index (χ1) is 11.6. The maximum absolute atomic E-state index is 12.5. The highest BCUT2D eigenvalue weighted by molar-refractivity contribution is 5.83. The van der Waals surface area contributed by atoms with Gasteiger partial charge < -0.3 is 24.8 Å². The van der Waals surface area contributed by atoms with Crippen LogP contribution in [0.4, 0.5) is 0 Å². The molecule has 1 fully saturated rings. The van der Waals surface area contributed by atoms with Crippen molar-refractivity contribution in [1.82, 2.24) is 10.6 Å². The maximum atomic E-state index is 12.5. The van der Waals surface area contributed by atoms with E-state index in [0.717, 1.165) is 11.3 Å². The third-order valence-electron chi connectivity index (χ3n) is 4.03. The molecule has 1 heterocycles. The van der Waals surface area contributed by atoms with Crippen molar-refractivity contribution in [3.63, 3.8) is 0 Å². The van der Waals surface area contributed by atoms with Crippen LogP contribution in [0.5, 0.6) is 11.5 Å². The summed E-state index contributed by atoms with van der Waals surface area (Å²) in [6.07, 6.45) is -0.134. The van der Waals surface area contributed by atoms with Crippen molar-refractivity contribution < 1.29 is 19.0 Å². The van der Waals surface area contributed by atoms with E-state index in [-0.39, 0.29) is 24.1 Å². The molecule has 1 aromatic rings. The number of rotatable bonds is 7. The standard InChI is InChI=1S/C18H28N2O4/c1-5-22-15-8-7-14(11-16(15)23-6-2)12(3)20-18(21)17-13(4)24-10-9-19-17/h7-8,11-13,17,19H,5-6,9-10H2,1-4H3,(H,20,21)/t12?,13-,17+/m1/s1. The van der Waals surface area contributed by atoms with Gasteiger partial charge in [-0.3, -0.25) is 4.79 Å². The summed E-state index contributed by atoms with van der Waals surface area (Å²) in [5, 5.41) is 6.24. The third-order valence-corrected chi connectivity index (χ3v) is 4.03. The zero-order chi connectivity index (χ0) is 17.5. The number of hydrogen-bond acceptors (Lipinski definition) is 5. The summed E-state index contributed by atoms with van der Waals surface area (Å²) in [6, 6.07) is 5.30. The molecule has 1 aromatic carbocycles. The van der Waals surface area contributed by atoms with Gasteiger partial charge in [0, 0.05) is 6.54 Å². The average Bonchev–Trinajstić information content (AvgIpc) is 2.57. The molecule has 6 heteroatoms. The zero-order valence-electron chi connectivity index (χ0n) is 14.9. The van der Waals surface area contributed by atoms with Crippen LogP contribution in [0.15, 0.2) is 18.2 Å². The highest BCUT2D eigenvalue weighted by Crippen LogP contribution is 2.30. The van der Waals surface area contributed by atoms with Gasteiger partial charge in [-0.15, -0.1) is 0 Å². The predicted octanol–water partition coefficient (Wildman–Crippen LogP) is 2.04. The van der Waals surface area contributed by atoms with Crippen LogP contribution in [0, 0.1) is 0 Å². The fraction of sp³-hybridized carbons (Fsp3) is 0.611. The molecule has 0 spiro atoms. The van der Waals surface area contributed by atoms with Crippen molar-refractivity contribution in [3.8, 4) is 11.5 Å². The Kier molecular flexibility index (Phi) is 6.87. The molecule has 134 valence electrons. The summed E-state index contributed by atoms with van der Waals surface area (Å²) in [7, 11) is 0. The van der Waals surface area contributed by atoms with Gasteiger partial charge in [0.15, 0.2) is 11.5 Å². The van der Waals surface area contributed by atoms with Crippen molar-refractivity contribution in [1.29, 1.82) is 0 Å². The van der Waals surface area contributed by atoms with Gasteiger partial charge in [-0.05, 0) is 45.4 Å². The van der Waals surface area contributed by atoms with Gasteiger partial charge in [-0.2, -0.15) is 0 Å². The molecule has 0 aromatic heterocycles. The van der Waals surface area contributed by atoms with Crippen molar-refractivity contribution in [2.45, 2.75) is 45.9 Å². The summed E-state index contributed by atoms with van der Waals surface area (Å²) in [5.41, 5.74) is 0.972. The molecular weight excluding hydrogens is 308 g/mol. The number of benzene rings is 1. The third kappa shape index (κ3) is 4.61. The van der Waals surface area contributed by atoms with Gasteiger partial charge in [-0.1, -0.05) is 6.07 Å². The number of nitrogens with one attached hydrogen (secondary N) is 2. The van der Waals surface area contributed by atoms with E-state index in [2.05, 4.69) is 10.6 Å². The molecule has 0 radical (unpaired) electrons. The number of carbonyl (C=O) groups excluding carboxylic acids is 1. The van der Waals surface area contributed by atoms with Gasteiger partial charge in [-0.25, -0.2) is 0 Å². The molecule has 2 rings (SSSR count). The first-order valence-electron chi connectivity index (χ1n) is 8.61. The summed E-state index contributed by atoms with van der Waals surface area (Å²) >= 11 is 0. The van der Waals surface area contributed by atoms with E-state index < -0.39 is 0 Å². The fourth-order valence-electron chi connectivity index (χ4n) is 2.75. The first kappa shape index (κ1) is 18.5. The fourth-order valence-corrected chi connectivity index (χ4v) is 2.75. The number of ether oxygens (including phenoxy) is 3. The Balaban J connectivity index is 2.06. The van der Waals surface area contributed by atoms with E-state index in [9.17, 15) is 4.79 Å². The summed E-state index contributed by atoms with van der Waals surface area (Å²) in [5.74, 6) is 1.37. The lowest BCUT2D eigenvalue weighted by Gasteiger charge is -2.30. The maximum Gasteiger partial charge on any atom is 0.240 e. The first-order valence-corrected chi connectivity index (χ1v) is 8.61. The molecular formula is C18H28N2O4. The van der Waals surface area contributed by atoms with E-state index in [1.165, 1.54) is 0 Å². The molecule has 3 atom stereocenters. The highest BCUT2D eigenvalue weighted by Gasteiger charge is 2.29. The summed E-state index contributed by atoms with van der Waals surface area (Å²) in [6.45, 7) is 10.2. The van der Waals surface area contributed by atoms with E-state index >= 15 is 0 Å². The minimum atomic E-state index is -0.324. The molecule has 0 bridgehead atoms. The van der Waals surface area contributed by atoms with Crippen molar-refractivity contribution in [2.75, 3.05) is 26.4 Å². The monoisotopic (exact) mass is 336 g/mol. The topological polar surface area (TPSA) is 68.8 Å². The van der Waals surface area contributed by atoms with E-state index in [1.54, 1.807) is 0 Å². The van der Waals surface area contributed by atoms with Crippen LogP contribution in [0.1, 0.15) is 39.3 Å². The molecule has 0 aliphatic carbocycles. The van der Waals surface area contributed by atoms with Gasteiger partial charge in [0.2, 0.25) is 5.91 Å². The van der Waals surface area contributed by atoms with Crippen LogP contribution in [0.2, 0.25) is 0 Å². The van der Waals surface area contributed by atoms with Gasteiger partial charge >= 0.3 is 0 Å². The summed E-state index contributed by atoms with van der Waals surface area (Å²) < 4.78 is 16.8. The second-order valence-corrected chi connectivity index (χ2v) is 5.81. The largest absolute Gasteiger partial charge is 0.490 e. The van der Waals surface area contributed by atoms with Crippen LogP contribution in [-0.2, 0) is 9.53 Å². The van der Waals surface area contributed by atoms with Crippen LogP contribution >= 0.6 is 0 Å². The number of hydrogen-bond donors (Lipinski definition) is 2.